The molecule has 2 aromatic rings. The summed E-state index contributed by atoms with van der Waals surface area (Å²) in [6.07, 6.45) is 1.48. The van der Waals surface area contributed by atoms with E-state index in [2.05, 4.69) is 4.98 Å². The fraction of sp³-hybridized carbons (Fsp3) is 0.312. The van der Waals surface area contributed by atoms with E-state index in [1.807, 2.05) is 0 Å². The molecule has 1 aromatic carbocycles. The lowest BCUT2D eigenvalue weighted by molar-refractivity contribution is 0.0513. The van der Waals surface area contributed by atoms with E-state index in [1.54, 1.807) is 45.2 Å². The van der Waals surface area contributed by atoms with E-state index in [9.17, 15) is 9.59 Å². The van der Waals surface area contributed by atoms with Crippen molar-refractivity contribution in [3.8, 4) is 5.75 Å². The Hall–Kier alpha value is -2.63. The molecule has 6 heteroatoms. The van der Waals surface area contributed by atoms with E-state index in [1.165, 1.54) is 10.9 Å². The number of benzene rings is 1. The molecule has 1 heterocycles. The first kappa shape index (κ1) is 15.8. The van der Waals surface area contributed by atoms with Crippen LogP contribution in [0, 0.1) is 6.92 Å². The fourth-order valence-electron chi connectivity index (χ4n) is 2.09. The lowest BCUT2D eigenvalue weighted by atomic mass is 10.1. The number of esters is 1. The minimum absolute atomic E-state index is 0.0291. The molecule has 0 amide bonds. The average Bonchev–Trinajstić information content (AvgIpc) is 2.88. The van der Waals surface area contributed by atoms with E-state index in [0.29, 0.717) is 22.7 Å². The van der Waals surface area contributed by atoms with Gasteiger partial charge in [0.2, 0.25) is 0 Å². The van der Waals surface area contributed by atoms with Gasteiger partial charge in [0.1, 0.15) is 5.75 Å². The number of imidazole rings is 1. The number of ketones is 1. The zero-order chi connectivity index (χ0) is 16.1. The maximum atomic E-state index is 12.3. The molecule has 0 fully saturated rings. The molecule has 0 atom stereocenters. The van der Waals surface area contributed by atoms with Crippen LogP contribution in [0.15, 0.2) is 30.6 Å². The van der Waals surface area contributed by atoms with Crippen LogP contribution in [0.4, 0.5) is 0 Å². The number of carbonyl (C=O) groups excluding carboxylic acids is 2. The van der Waals surface area contributed by atoms with Crippen molar-refractivity contribution in [3.05, 3.63) is 47.5 Å². The second-order valence-corrected chi connectivity index (χ2v) is 4.68. The van der Waals surface area contributed by atoms with Crippen LogP contribution < -0.4 is 4.74 Å². The molecule has 0 saturated heterocycles. The minimum atomic E-state index is -0.472. The summed E-state index contributed by atoms with van der Waals surface area (Å²) in [6, 6.07) is 6.82. The summed E-state index contributed by atoms with van der Waals surface area (Å²) < 4.78 is 11.6. The highest BCUT2D eigenvalue weighted by atomic mass is 16.5. The van der Waals surface area contributed by atoms with Crippen LogP contribution in [-0.4, -0.2) is 35.0 Å². The second-order valence-electron chi connectivity index (χ2n) is 4.68. The van der Waals surface area contributed by atoms with E-state index in [-0.39, 0.29) is 18.9 Å². The zero-order valence-corrected chi connectivity index (χ0v) is 12.8. The van der Waals surface area contributed by atoms with Crippen LogP contribution in [0.25, 0.3) is 0 Å². The van der Waals surface area contributed by atoms with Crippen molar-refractivity contribution in [1.82, 2.24) is 9.55 Å². The number of hydrogen-bond acceptors (Lipinski definition) is 5. The van der Waals surface area contributed by atoms with E-state index in [4.69, 9.17) is 9.47 Å². The topological polar surface area (TPSA) is 70.4 Å². The maximum absolute atomic E-state index is 12.3. The summed E-state index contributed by atoms with van der Waals surface area (Å²) >= 11 is 0. The second kappa shape index (κ2) is 6.89. The molecule has 0 aliphatic heterocycles. The summed E-state index contributed by atoms with van der Waals surface area (Å²) in [5.41, 5.74) is 1.40. The van der Waals surface area contributed by atoms with E-state index in [0.717, 1.165) is 0 Å². The number of ether oxygens (including phenoxy) is 2. The van der Waals surface area contributed by atoms with E-state index >= 15 is 0 Å². The SMILES string of the molecule is CCOC(=O)c1c(C)ncn1CC(=O)c1ccc(OC)cc1. The number of Topliss-reactive ketones (excluding diaryl/α,β-unsaturated/α-hetero) is 1. The average molecular weight is 302 g/mol. The van der Waals surface area contributed by atoms with E-state index < -0.39 is 5.97 Å². The highest BCUT2D eigenvalue weighted by Gasteiger charge is 2.19. The van der Waals surface area contributed by atoms with Crippen molar-refractivity contribution in [2.75, 3.05) is 13.7 Å². The van der Waals surface area contributed by atoms with Gasteiger partial charge in [-0.2, -0.15) is 0 Å². The number of aryl methyl sites for hydroxylation is 1. The predicted molar refractivity (Wildman–Crippen MR) is 80.2 cm³/mol. The third kappa shape index (κ3) is 3.33. The van der Waals surface area contributed by atoms with Crippen LogP contribution in [-0.2, 0) is 11.3 Å². The van der Waals surface area contributed by atoms with Crippen LogP contribution in [0.3, 0.4) is 0 Å². The molecule has 0 bridgehead atoms. The summed E-state index contributed by atoms with van der Waals surface area (Å²) in [5, 5.41) is 0. The van der Waals surface area contributed by atoms with Crippen molar-refractivity contribution < 1.29 is 19.1 Å². The van der Waals surface area contributed by atoms with Crippen molar-refractivity contribution in [2.24, 2.45) is 0 Å². The van der Waals surface area contributed by atoms with Gasteiger partial charge < -0.3 is 14.0 Å². The van der Waals surface area contributed by atoms with Gasteiger partial charge in [0.25, 0.3) is 0 Å². The summed E-state index contributed by atoms with van der Waals surface area (Å²) in [5.74, 6) is 0.0906. The minimum Gasteiger partial charge on any atom is -0.497 e. The molecule has 0 saturated carbocycles. The largest absolute Gasteiger partial charge is 0.497 e. The van der Waals surface area contributed by atoms with Crippen LogP contribution in [0.2, 0.25) is 0 Å². The Kier molecular flexibility index (Phi) is 4.93. The molecule has 116 valence electrons. The number of carbonyl (C=O) groups is 2. The maximum Gasteiger partial charge on any atom is 0.356 e. The lowest BCUT2D eigenvalue weighted by Gasteiger charge is -2.08. The first-order valence-corrected chi connectivity index (χ1v) is 6.93. The number of nitrogens with zero attached hydrogens (tertiary/aromatic N) is 2. The predicted octanol–water partition coefficient (Wildman–Crippen LogP) is 2.26. The van der Waals surface area contributed by atoms with Crippen molar-refractivity contribution in [1.29, 1.82) is 0 Å². The van der Waals surface area contributed by atoms with Gasteiger partial charge in [0.05, 0.1) is 32.3 Å². The molecule has 0 unspecified atom stereocenters. The van der Waals surface area contributed by atoms with Gasteiger partial charge in [-0.15, -0.1) is 0 Å². The Balaban J connectivity index is 2.19. The van der Waals surface area contributed by atoms with Gasteiger partial charge in [-0.3, -0.25) is 4.79 Å². The van der Waals surface area contributed by atoms with Gasteiger partial charge in [0, 0.05) is 5.56 Å². The number of aromatic nitrogens is 2. The van der Waals surface area contributed by atoms with Gasteiger partial charge in [-0.05, 0) is 38.1 Å². The third-order valence-electron chi connectivity index (χ3n) is 3.22. The Morgan fingerprint density at radius 3 is 2.50 bits per heavy atom. The fourth-order valence-corrected chi connectivity index (χ4v) is 2.09. The standard InChI is InChI=1S/C16H18N2O4/c1-4-22-16(20)15-11(2)17-10-18(15)9-14(19)12-5-7-13(21-3)8-6-12/h5-8,10H,4,9H2,1-3H3. The molecule has 0 N–H and O–H groups in total. The Morgan fingerprint density at radius 1 is 1.23 bits per heavy atom. The highest BCUT2D eigenvalue weighted by Crippen LogP contribution is 2.14. The van der Waals surface area contributed by atoms with Crippen molar-refractivity contribution >= 4 is 11.8 Å². The molecule has 0 aliphatic rings. The molecular weight excluding hydrogens is 284 g/mol. The summed E-state index contributed by atoms with van der Waals surface area (Å²) in [7, 11) is 1.57. The normalized spacial score (nSPS) is 10.3. The zero-order valence-electron chi connectivity index (χ0n) is 12.8. The summed E-state index contributed by atoms with van der Waals surface area (Å²) in [4.78, 5) is 28.3. The lowest BCUT2D eigenvalue weighted by Crippen LogP contribution is -2.17. The number of rotatable bonds is 6. The Labute approximate surface area is 128 Å². The first-order valence-electron chi connectivity index (χ1n) is 6.93. The number of hydrogen-bond donors (Lipinski definition) is 0. The monoisotopic (exact) mass is 302 g/mol. The van der Waals surface area contributed by atoms with Gasteiger partial charge >= 0.3 is 5.97 Å². The van der Waals surface area contributed by atoms with Crippen LogP contribution in [0.1, 0.15) is 33.5 Å². The summed E-state index contributed by atoms with van der Waals surface area (Å²) in [6.45, 7) is 3.74. The molecule has 1 aromatic heterocycles. The molecule has 0 aliphatic carbocycles. The van der Waals surface area contributed by atoms with Crippen LogP contribution >= 0.6 is 0 Å². The molecule has 2 rings (SSSR count). The van der Waals surface area contributed by atoms with Gasteiger partial charge in [-0.25, -0.2) is 9.78 Å². The highest BCUT2D eigenvalue weighted by molar-refractivity contribution is 5.97. The molecular formula is C16H18N2O4. The smallest absolute Gasteiger partial charge is 0.356 e. The molecule has 22 heavy (non-hydrogen) atoms. The molecule has 6 nitrogen and oxygen atoms in total. The van der Waals surface area contributed by atoms with Gasteiger partial charge in [0.15, 0.2) is 11.5 Å². The number of methoxy groups -OCH3 is 1. The van der Waals surface area contributed by atoms with Gasteiger partial charge in [-0.1, -0.05) is 0 Å². The Bertz CT molecular complexity index is 674. The quantitative estimate of drug-likeness (QED) is 0.604. The van der Waals surface area contributed by atoms with Crippen LogP contribution in [0.5, 0.6) is 5.75 Å². The third-order valence-corrected chi connectivity index (χ3v) is 3.22. The van der Waals surface area contributed by atoms with Crippen molar-refractivity contribution in [2.45, 2.75) is 20.4 Å². The molecule has 0 radical (unpaired) electrons. The Morgan fingerprint density at radius 2 is 1.91 bits per heavy atom. The first-order chi connectivity index (χ1) is 10.6. The van der Waals surface area contributed by atoms with Crippen molar-refractivity contribution in [3.63, 3.8) is 0 Å². The molecule has 0 spiro atoms.